The van der Waals surface area contributed by atoms with Crippen molar-refractivity contribution >= 4 is 11.6 Å². The molecule has 1 aromatic rings. The largest absolute Gasteiger partial charge is 0.381 e. The Morgan fingerprint density at radius 3 is 2.86 bits per heavy atom. The van der Waals surface area contributed by atoms with Crippen molar-refractivity contribution in [2.24, 2.45) is 5.92 Å². The summed E-state index contributed by atoms with van der Waals surface area (Å²) in [6.45, 7) is 5.80. The Hall–Kier alpha value is -1.36. The van der Waals surface area contributed by atoms with Gasteiger partial charge in [0.25, 0.3) is 0 Å². The average molecular weight is 290 g/mol. The molecule has 0 amide bonds. The standard InChI is InChI=1S/C16H26N4O/c1-3-17-14-9-15(19-16(18-14)13-6-7-13)20(2)10-12-5-4-8-21-11-12/h9,12-13H,3-8,10-11H2,1-2H3,(H,17,18,19). The van der Waals surface area contributed by atoms with Crippen LogP contribution in [0.4, 0.5) is 11.6 Å². The minimum Gasteiger partial charge on any atom is -0.381 e. The third-order valence-electron chi connectivity index (χ3n) is 4.21. The highest BCUT2D eigenvalue weighted by Crippen LogP contribution is 2.39. The van der Waals surface area contributed by atoms with E-state index in [1.165, 1.54) is 25.7 Å². The molecule has 1 aliphatic carbocycles. The predicted octanol–water partition coefficient (Wildman–Crippen LogP) is 2.65. The first-order valence-electron chi connectivity index (χ1n) is 8.18. The summed E-state index contributed by atoms with van der Waals surface area (Å²) in [5.41, 5.74) is 0. The van der Waals surface area contributed by atoms with Gasteiger partial charge in [-0.2, -0.15) is 0 Å². The fourth-order valence-electron chi connectivity index (χ4n) is 2.88. The Labute approximate surface area is 127 Å². The maximum Gasteiger partial charge on any atom is 0.136 e. The molecule has 0 aromatic carbocycles. The van der Waals surface area contributed by atoms with Crippen LogP contribution in [0, 0.1) is 5.92 Å². The molecular weight excluding hydrogens is 264 g/mol. The Morgan fingerprint density at radius 1 is 1.33 bits per heavy atom. The van der Waals surface area contributed by atoms with Gasteiger partial charge < -0.3 is 15.0 Å². The molecule has 2 fully saturated rings. The first-order valence-corrected chi connectivity index (χ1v) is 8.18. The molecule has 5 heteroatoms. The molecule has 2 aliphatic rings. The van der Waals surface area contributed by atoms with Crippen LogP contribution in [0.2, 0.25) is 0 Å². The third-order valence-corrected chi connectivity index (χ3v) is 4.21. The van der Waals surface area contributed by atoms with E-state index in [1.54, 1.807) is 0 Å². The Balaban J connectivity index is 1.72. The summed E-state index contributed by atoms with van der Waals surface area (Å²) in [6, 6.07) is 2.07. The fraction of sp³-hybridized carbons (Fsp3) is 0.750. The molecule has 5 nitrogen and oxygen atoms in total. The lowest BCUT2D eigenvalue weighted by Crippen LogP contribution is -2.31. The van der Waals surface area contributed by atoms with Crippen LogP contribution in [0.5, 0.6) is 0 Å². The van der Waals surface area contributed by atoms with Crippen molar-refractivity contribution in [1.82, 2.24) is 9.97 Å². The highest BCUT2D eigenvalue weighted by molar-refractivity contribution is 5.49. The van der Waals surface area contributed by atoms with E-state index in [0.717, 1.165) is 43.8 Å². The smallest absolute Gasteiger partial charge is 0.136 e. The topological polar surface area (TPSA) is 50.3 Å². The van der Waals surface area contributed by atoms with Gasteiger partial charge in [-0.05, 0) is 38.5 Å². The minimum absolute atomic E-state index is 0.578. The third kappa shape index (κ3) is 3.84. The first-order chi connectivity index (χ1) is 10.3. The van der Waals surface area contributed by atoms with E-state index in [1.807, 2.05) is 0 Å². The molecule has 2 heterocycles. The van der Waals surface area contributed by atoms with E-state index < -0.39 is 0 Å². The van der Waals surface area contributed by atoms with Gasteiger partial charge in [-0.1, -0.05) is 0 Å². The molecule has 1 saturated carbocycles. The Morgan fingerprint density at radius 2 is 2.19 bits per heavy atom. The van der Waals surface area contributed by atoms with Gasteiger partial charge in [0.2, 0.25) is 0 Å². The number of ether oxygens (including phenoxy) is 1. The number of nitrogens with zero attached hydrogens (tertiary/aromatic N) is 3. The summed E-state index contributed by atoms with van der Waals surface area (Å²) >= 11 is 0. The van der Waals surface area contributed by atoms with E-state index >= 15 is 0 Å². The van der Waals surface area contributed by atoms with Crippen LogP contribution in [0.3, 0.4) is 0 Å². The zero-order chi connectivity index (χ0) is 14.7. The van der Waals surface area contributed by atoms with Crippen LogP contribution in [0.25, 0.3) is 0 Å². The Kier molecular flexibility index (Phi) is 4.58. The lowest BCUT2D eigenvalue weighted by Gasteiger charge is -2.28. The van der Waals surface area contributed by atoms with Crippen molar-refractivity contribution in [3.8, 4) is 0 Å². The maximum atomic E-state index is 5.58. The van der Waals surface area contributed by atoms with Crippen molar-refractivity contribution in [3.63, 3.8) is 0 Å². The van der Waals surface area contributed by atoms with E-state index in [2.05, 4.69) is 35.2 Å². The van der Waals surface area contributed by atoms with Crippen molar-refractivity contribution in [2.75, 3.05) is 43.6 Å². The van der Waals surface area contributed by atoms with Crippen LogP contribution in [0.15, 0.2) is 6.07 Å². The van der Waals surface area contributed by atoms with Crippen LogP contribution < -0.4 is 10.2 Å². The second-order valence-corrected chi connectivity index (χ2v) is 6.24. The van der Waals surface area contributed by atoms with Crippen LogP contribution >= 0.6 is 0 Å². The molecule has 116 valence electrons. The number of rotatable bonds is 6. The van der Waals surface area contributed by atoms with Gasteiger partial charge in [0.15, 0.2) is 0 Å². The molecule has 1 atom stereocenters. The lowest BCUT2D eigenvalue weighted by atomic mass is 10.0. The molecule has 1 saturated heterocycles. The highest BCUT2D eigenvalue weighted by atomic mass is 16.5. The first kappa shape index (κ1) is 14.6. The summed E-state index contributed by atoms with van der Waals surface area (Å²) in [5.74, 6) is 4.19. The number of anilines is 2. The van der Waals surface area contributed by atoms with Crippen LogP contribution in [0.1, 0.15) is 44.3 Å². The second-order valence-electron chi connectivity index (χ2n) is 6.24. The van der Waals surface area contributed by atoms with Gasteiger partial charge in [0.1, 0.15) is 17.5 Å². The molecule has 1 unspecified atom stereocenters. The van der Waals surface area contributed by atoms with Crippen LogP contribution in [-0.2, 0) is 4.74 Å². The van der Waals surface area contributed by atoms with Gasteiger partial charge in [-0.15, -0.1) is 0 Å². The molecular formula is C16H26N4O. The molecule has 0 radical (unpaired) electrons. The van der Waals surface area contributed by atoms with Gasteiger partial charge in [0, 0.05) is 38.7 Å². The highest BCUT2D eigenvalue weighted by Gasteiger charge is 2.28. The van der Waals surface area contributed by atoms with E-state index in [9.17, 15) is 0 Å². The summed E-state index contributed by atoms with van der Waals surface area (Å²) in [4.78, 5) is 11.7. The normalized spacial score (nSPS) is 22.1. The monoisotopic (exact) mass is 290 g/mol. The number of aromatic nitrogens is 2. The van der Waals surface area contributed by atoms with Crippen molar-refractivity contribution in [3.05, 3.63) is 11.9 Å². The SMILES string of the molecule is CCNc1cc(N(C)CC2CCCOC2)nc(C2CC2)n1. The maximum absolute atomic E-state index is 5.58. The molecule has 0 bridgehead atoms. The van der Waals surface area contributed by atoms with Gasteiger partial charge in [-0.25, -0.2) is 9.97 Å². The summed E-state index contributed by atoms with van der Waals surface area (Å²) in [5, 5.41) is 3.33. The Bertz CT molecular complexity index is 469. The molecule has 3 rings (SSSR count). The van der Waals surface area contributed by atoms with Crippen molar-refractivity contribution in [1.29, 1.82) is 0 Å². The molecule has 0 spiro atoms. The summed E-state index contributed by atoms with van der Waals surface area (Å²) < 4.78 is 5.58. The number of hydrogen-bond acceptors (Lipinski definition) is 5. The summed E-state index contributed by atoms with van der Waals surface area (Å²) in [6.07, 6.45) is 4.90. The molecule has 1 N–H and O–H groups in total. The van der Waals surface area contributed by atoms with Crippen molar-refractivity contribution in [2.45, 2.75) is 38.5 Å². The quantitative estimate of drug-likeness (QED) is 0.873. The lowest BCUT2D eigenvalue weighted by molar-refractivity contribution is 0.0576. The average Bonchev–Trinajstić information content (AvgIpc) is 3.33. The summed E-state index contributed by atoms with van der Waals surface area (Å²) in [7, 11) is 2.13. The minimum atomic E-state index is 0.578. The van der Waals surface area contributed by atoms with Crippen LogP contribution in [-0.4, -0.2) is 43.3 Å². The molecule has 1 aliphatic heterocycles. The van der Waals surface area contributed by atoms with Gasteiger partial charge in [-0.3, -0.25) is 0 Å². The number of hydrogen-bond donors (Lipinski definition) is 1. The van der Waals surface area contributed by atoms with E-state index in [0.29, 0.717) is 11.8 Å². The zero-order valence-electron chi connectivity index (χ0n) is 13.1. The van der Waals surface area contributed by atoms with Gasteiger partial charge >= 0.3 is 0 Å². The van der Waals surface area contributed by atoms with E-state index in [-0.39, 0.29) is 0 Å². The van der Waals surface area contributed by atoms with Gasteiger partial charge in [0.05, 0.1) is 6.61 Å². The van der Waals surface area contributed by atoms with E-state index in [4.69, 9.17) is 9.72 Å². The second kappa shape index (κ2) is 6.60. The zero-order valence-corrected chi connectivity index (χ0v) is 13.1. The molecule has 1 aromatic heterocycles. The predicted molar refractivity (Wildman–Crippen MR) is 85.0 cm³/mol. The number of nitrogens with one attached hydrogen (secondary N) is 1. The fourth-order valence-corrected chi connectivity index (χ4v) is 2.88. The molecule has 21 heavy (non-hydrogen) atoms. The van der Waals surface area contributed by atoms with Crippen molar-refractivity contribution < 1.29 is 4.74 Å².